The van der Waals surface area contributed by atoms with Gasteiger partial charge in [-0.3, -0.25) is 0 Å². The third-order valence-corrected chi connectivity index (χ3v) is 3.41. The van der Waals surface area contributed by atoms with Gasteiger partial charge in [0.2, 0.25) is 5.76 Å². The van der Waals surface area contributed by atoms with Crippen LogP contribution in [-0.4, -0.2) is 20.6 Å². The largest absolute Gasteiger partial charge is 0.475 e. The lowest BCUT2D eigenvalue weighted by Crippen LogP contribution is -2.05. The fraction of sp³-hybridized carbons (Fsp3) is 0.250. The molecule has 1 N–H and O–H groups in total. The molecule has 0 saturated heterocycles. The summed E-state index contributed by atoms with van der Waals surface area (Å²) in [6, 6.07) is 7.26. The second kappa shape index (κ2) is 5.09. The lowest BCUT2D eigenvalue weighted by Gasteiger charge is -2.10. The topological polar surface area (TPSA) is 68.3 Å². The number of carboxylic acid groups (broad SMARTS) is 1. The molecule has 0 atom stereocenters. The van der Waals surface area contributed by atoms with Gasteiger partial charge in [0.25, 0.3) is 0 Å². The van der Waals surface area contributed by atoms with Gasteiger partial charge in [-0.25, -0.2) is 9.78 Å². The van der Waals surface area contributed by atoms with Crippen LogP contribution >= 0.6 is 0 Å². The van der Waals surface area contributed by atoms with E-state index in [2.05, 4.69) is 23.4 Å². The summed E-state index contributed by atoms with van der Waals surface area (Å²) in [5.41, 5.74) is 1.67. The SMILES string of the molecule is CC(C)c1nccn1Cc1ccc2oc(C(=O)O)cc2c1. The van der Waals surface area contributed by atoms with Gasteiger partial charge in [-0.15, -0.1) is 0 Å². The highest BCUT2D eigenvalue weighted by molar-refractivity contribution is 5.91. The molecule has 5 nitrogen and oxygen atoms in total. The highest BCUT2D eigenvalue weighted by Gasteiger charge is 2.12. The summed E-state index contributed by atoms with van der Waals surface area (Å²) in [5.74, 6) is 0.307. The summed E-state index contributed by atoms with van der Waals surface area (Å²) >= 11 is 0. The third-order valence-electron chi connectivity index (χ3n) is 3.41. The van der Waals surface area contributed by atoms with E-state index in [1.165, 1.54) is 0 Å². The predicted octanol–water partition coefficient (Wildman–Crippen LogP) is 3.50. The Morgan fingerprint density at radius 1 is 1.38 bits per heavy atom. The number of hydrogen-bond acceptors (Lipinski definition) is 3. The Hall–Kier alpha value is -2.56. The number of imidazole rings is 1. The number of benzene rings is 1. The molecule has 21 heavy (non-hydrogen) atoms. The fourth-order valence-electron chi connectivity index (χ4n) is 2.45. The number of hydrogen-bond donors (Lipinski definition) is 1. The van der Waals surface area contributed by atoms with E-state index in [0.717, 1.165) is 16.8 Å². The zero-order valence-electron chi connectivity index (χ0n) is 11.9. The molecule has 0 fully saturated rings. The Bertz CT molecular complexity index is 799. The Balaban J connectivity index is 1.94. The number of furan rings is 1. The molecule has 0 amide bonds. The Morgan fingerprint density at radius 3 is 2.90 bits per heavy atom. The maximum Gasteiger partial charge on any atom is 0.371 e. The predicted molar refractivity (Wildman–Crippen MR) is 78.6 cm³/mol. The maximum atomic E-state index is 10.9. The van der Waals surface area contributed by atoms with Crippen LogP contribution in [0.4, 0.5) is 0 Å². The molecule has 0 unspecified atom stereocenters. The monoisotopic (exact) mass is 284 g/mol. The molecule has 0 radical (unpaired) electrons. The van der Waals surface area contributed by atoms with Crippen LogP contribution in [0.1, 0.15) is 41.7 Å². The van der Waals surface area contributed by atoms with Crippen LogP contribution in [0.2, 0.25) is 0 Å². The summed E-state index contributed by atoms with van der Waals surface area (Å²) < 4.78 is 7.36. The van der Waals surface area contributed by atoms with Crippen molar-refractivity contribution in [3.63, 3.8) is 0 Å². The van der Waals surface area contributed by atoms with Crippen molar-refractivity contribution in [3.05, 3.63) is 53.8 Å². The molecule has 1 aromatic carbocycles. The zero-order chi connectivity index (χ0) is 15.0. The molecule has 5 heteroatoms. The minimum atomic E-state index is -1.05. The molecule has 0 aliphatic carbocycles. The van der Waals surface area contributed by atoms with Crippen molar-refractivity contribution < 1.29 is 14.3 Å². The molecule has 0 aliphatic rings. The second-order valence-electron chi connectivity index (χ2n) is 5.36. The van der Waals surface area contributed by atoms with Gasteiger partial charge in [0, 0.05) is 30.2 Å². The van der Waals surface area contributed by atoms with E-state index in [4.69, 9.17) is 9.52 Å². The first-order valence-electron chi connectivity index (χ1n) is 6.81. The number of carboxylic acids is 1. The van der Waals surface area contributed by atoms with Gasteiger partial charge >= 0.3 is 5.97 Å². The summed E-state index contributed by atoms with van der Waals surface area (Å²) in [6.45, 7) is 4.92. The van der Waals surface area contributed by atoms with Gasteiger partial charge in [-0.05, 0) is 23.8 Å². The number of aromatic nitrogens is 2. The molecular weight excluding hydrogens is 268 g/mol. The van der Waals surface area contributed by atoms with Crippen LogP contribution in [0.25, 0.3) is 11.0 Å². The number of nitrogens with zero attached hydrogens (tertiary/aromatic N) is 2. The molecule has 0 bridgehead atoms. The minimum absolute atomic E-state index is 0.0346. The first-order chi connectivity index (χ1) is 10.0. The second-order valence-corrected chi connectivity index (χ2v) is 5.36. The molecular formula is C16H16N2O3. The van der Waals surface area contributed by atoms with E-state index < -0.39 is 5.97 Å². The molecule has 0 spiro atoms. The van der Waals surface area contributed by atoms with Gasteiger partial charge in [-0.1, -0.05) is 19.9 Å². The van der Waals surface area contributed by atoms with Gasteiger partial charge in [0.1, 0.15) is 11.4 Å². The average Bonchev–Trinajstić information content (AvgIpc) is 3.04. The van der Waals surface area contributed by atoms with E-state index in [9.17, 15) is 4.79 Å². The lowest BCUT2D eigenvalue weighted by molar-refractivity contribution is 0.0665. The first kappa shape index (κ1) is 13.4. The van der Waals surface area contributed by atoms with E-state index >= 15 is 0 Å². The van der Waals surface area contributed by atoms with Crippen molar-refractivity contribution in [3.8, 4) is 0 Å². The number of rotatable bonds is 4. The number of carbonyl (C=O) groups is 1. The molecule has 2 heterocycles. The maximum absolute atomic E-state index is 10.9. The van der Waals surface area contributed by atoms with Gasteiger partial charge in [-0.2, -0.15) is 0 Å². The van der Waals surface area contributed by atoms with Gasteiger partial charge in [0.15, 0.2) is 0 Å². The molecule has 3 aromatic rings. The third kappa shape index (κ3) is 2.54. The van der Waals surface area contributed by atoms with Crippen LogP contribution in [0, 0.1) is 0 Å². The number of aromatic carboxylic acids is 1. The Morgan fingerprint density at radius 2 is 2.19 bits per heavy atom. The number of fused-ring (bicyclic) bond motifs is 1. The minimum Gasteiger partial charge on any atom is -0.475 e. The van der Waals surface area contributed by atoms with Crippen LogP contribution in [0.3, 0.4) is 0 Å². The zero-order valence-corrected chi connectivity index (χ0v) is 11.9. The standard InChI is InChI=1S/C16H16N2O3/c1-10(2)15-17-5-6-18(15)9-11-3-4-13-12(7-11)8-14(21-13)16(19)20/h3-8,10H,9H2,1-2H3,(H,19,20). The summed E-state index contributed by atoms with van der Waals surface area (Å²) in [7, 11) is 0. The smallest absolute Gasteiger partial charge is 0.371 e. The average molecular weight is 284 g/mol. The van der Waals surface area contributed by atoms with Crippen LogP contribution < -0.4 is 0 Å². The van der Waals surface area contributed by atoms with Crippen molar-refractivity contribution in [2.45, 2.75) is 26.3 Å². The van der Waals surface area contributed by atoms with Crippen molar-refractivity contribution in [1.82, 2.24) is 9.55 Å². The summed E-state index contributed by atoms with van der Waals surface area (Å²) in [6.07, 6.45) is 3.76. The lowest BCUT2D eigenvalue weighted by atomic mass is 10.1. The summed E-state index contributed by atoms with van der Waals surface area (Å²) in [4.78, 5) is 15.3. The van der Waals surface area contributed by atoms with E-state index in [1.54, 1.807) is 12.3 Å². The molecule has 2 aromatic heterocycles. The molecule has 3 rings (SSSR count). The summed E-state index contributed by atoms with van der Waals surface area (Å²) in [5, 5.41) is 9.76. The quantitative estimate of drug-likeness (QED) is 0.796. The van der Waals surface area contributed by atoms with Crippen LogP contribution in [0.15, 0.2) is 41.1 Å². The fourth-order valence-corrected chi connectivity index (χ4v) is 2.45. The van der Waals surface area contributed by atoms with E-state index in [-0.39, 0.29) is 5.76 Å². The van der Waals surface area contributed by atoms with Crippen molar-refractivity contribution >= 4 is 16.9 Å². The van der Waals surface area contributed by atoms with Crippen molar-refractivity contribution in [2.75, 3.05) is 0 Å². The van der Waals surface area contributed by atoms with Crippen molar-refractivity contribution in [1.29, 1.82) is 0 Å². The van der Waals surface area contributed by atoms with Crippen LogP contribution in [0.5, 0.6) is 0 Å². The van der Waals surface area contributed by atoms with Gasteiger partial charge in [0.05, 0.1) is 0 Å². The molecule has 0 saturated carbocycles. The Kier molecular flexibility index (Phi) is 3.25. The van der Waals surface area contributed by atoms with E-state index in [0.29, 0.717) is 18.0 Å². The first-order valence-corrected chi connectivity index (χ1v) is 6.81. The highest BCUT2D eigenvalue weighted by Crippen LogP contribution is 2.22. The van der Waals surface area contributed by atoms with E-state index in [1.807, 2.05) is 24.4 Å². The molecule has 0 aliphatic heterocycles. The normalized spacial score (nSPS) is 11.4. The van der Waals surface area contributed by atoms with Crippen LogP contribution in [-0.2, 0) is 6.54 Å². The Labute approximate surface area is 121 Å². The van der Waals surface area contributed by atoms with Gasteiger partial charge < -0.3 is 14.1 Å². The molecule has 108 valence electrons. The van der Waals surface area contributed by atoms with Crippen molar-refractivity contribution in [2.24, 2.45) is 0 Å². The highest BCUT2D eigenvalue weighted by atomic mass is 16.4.